The first-order valence-corrected chi connectivity index (χ1v) is 6.07. The van der Waals surface area contributed by atoms with Gasteiger partial charge in [0.05, 0.1) is 0 Å². The number of rotatable bonds is 5. The van der Waals surface area contributed by atoms with E-state index in [0.29, 0.717) is 24.0 Å². The van der Waals surface area contributed by atoms with Crippen LogP contribution >= 0.6 is 0 Å². The Balaban J connectivity index is 2.58. The first-order chi connectivity index (χ1) is 8.40. The molecule has 0 aliphatic heterocycles. The van der Waals surface area contributed by atoms with Gasteiger partial charge in [0.15, 0.2) is 17.7 Å². The van der Waals surface area contributed by atoms with Crippen molar-refractivity contribution >= 4 is 11.7 Å². The molecule has 18 heavy (non-hydrogen) atoms. The van der Waals surface area contributed by atoms with E-state index in [2.05, 4.69) is 10.3 Å². The fourth-order valence-electron chi connectivity index (χ4n) is 1.36. The highest BCUT2D eigenvalue weighted by Gasteiger charge is 2.16. The number of pyridine rings is 1. The van der Waals surface area contributed by atoms with Crippen LogP contribution < -0.4 is 15.8 Å². The molecular weight excluding hydrogens is 230 g/mol. The predicted molar refractivity (Wildman–Crippen MR) is 71.3 cm³/mol. The van der Waals surface area contributed by atoms with E-state index in [0.717, 1.165) is 5.69 Å². The summed E-state index contributed by atoms with van der Waals surface area (Å²) in [4.78, 5) is 15.8. The maximum Gasteiger partial charge on any atom is 0.260 e. The van der Waals surface area contributed by atoms with Crippen LogP contribution in [0.15, 0.2) is 12.1 Å². The van der Waals surface area contributed by atoms with Crippen LogP contribution in [0, 0.1) is 12.8 Å². The minimum absolute atomic E-state index is 0.149. The predicted octanol–water partition coefficient (Wildman–Crippen LogP) is 1.51. The van der Waals surface area contributed by atoms with E-state index in [4.69, 9.17) is 10.5 Å². The van der Waals surface area contributed by atoms with Crippen molar-refractivity contribution in [1.82, 2.24) is 10.3 Å². The van der Waals surface area contributed by atoms with Gasteiger partial charge < -0.3 is 15.8 Å². The Morgan fingerprint density at radius 2 is 2.11 bits per heavy atom. The second kappa shape index (κ2) is 6.23. The highest BCUT2D eigenvalue weighted by atomic mass is 16.5. The fraction of sp³-hybridized carbons (Fsp3) is 0.538. The van der Waals surface area contributed by atoms with Gasteiger partial charge in [-0.1, -0.05) is 13.8 Å². The number of amides is 1. The van der Waals surface area contributed by atoms with Crippen molar-refractivity contribution in [1.29, 1.82) is 0 Å². The smallest absolute Gasteiger partial charge is 0.260 e. The van der Waals surface area contributed by atoms with Crippen LogP contribution in [0.5, 0.6) is 5.75 Å². The monoisotopic (exact) mass is 251 g/mol. The van der Waals surface area contributed by atoms with Gasteiger partial charge in [0.25, 0.3) is 5.91 Å². The Hall–Kier alpha value is -1.78. The highest BCUT2D eigenvalue weighted by molar-refractivity contribution is 5.80. The number of ether oxygens (including phenoxy) is 1. The Morgan fingerprint density at radius 1 is 1.44 bits per heavy atom. The van der Waals surface area contributed by atoms with Gasteiger partial charge in [0, 0.05) is 12.2 Å². The largest absolute Gasteiger partial charge is 0.477 e. The van der Waals surface area contributed by atoms with E-state index >= 15 is 0 Å². The quantitative estimate of drug-likeness (QED) is 0.831. The van der Waals surface area contributed by atoms with Gasteiger partial charge in [0.2, 0.25) is 0 Å². The molecule has 1 aromatic rings. The molecule has 1 aromatic heterocycles. The minimum Gasteiger partial charge on any atom is -0.477 e. The molecule has 1 heterocycles. The molecule has 5 nitrogen and oxygen atoms in total. The molecule has 0 aromatic carbocycles. The normalized spacial score (nSPS) is 12.3. The number of aryl methyl sites for hydroxylation is 1. The molecule has 100 valence electrons. The number of nitrogen functional groups attached to an aromatic ring is 1. The average Bonchev–Trinajstić information content (AvgIpc) is 2.29. The number of aromatic nitrogens is 1. The van der Waals surface area contributed by atoms with E-state index in [9.17, 15) is 4.79 Å². The number of nitrogens with one attached hydrogen (secondary N) is 1. The molecule has 0 spiro atoms. The summed E-state index contributed by atoms with van der Waals surface area (Å²) >= 11 is 0. The molecule has 0 bridgehead atoms. The lowest BCUT2D eigenvalue weighted by atomic mass is 10.2. The van der Waals surface area contributed by atoms with Crippen LogP contribution in [-0.2, 0) is 4.79 Å². The number of carbonyl (C=O) groups is 1. The van der Waals surface area contributed by atoms with E-state index in [1.54, 1.807) is 19.1 Å². The molecule has 0 aliphatic carbocycles. The van der Waals surface area contributed by atoms with Gasteiger partial charge in [-0.05, 0) is 31.9 Å². The summed E-state index contributed by atoms with van der Waals surface area (Å²) in [5.74, 6) is 1.00. The third-order valence-electron chi connectivity index (χ3n) is 2.38. The SMILES string of the molecule is Cc1ccc(OC(C)C(=O)NCC(C)C)c(N)n1. The van der Waals surface area contributed by atoms with Crippen molar-refractivity contribution in [3.05, 3.63) is 17.8 Å². The molecule has 1 rings (SSSR count). The fourth-order valence-corrected chi connectivity index (χ4v) is 1.36. The third kappa shape index (κ3) is 4.24. The van der Waals surface area contributed by atoms with Crippen molar-refractivity contribution in [3.63, 3.8) is 0 Å². The Labute approximate surface area is 108 Å². The molecule has 0 aliphatic rings. The lowest BCUT2D eigenvalue weighted by Crippen LogP contribution is -2.38. The second-order valence-corrected chi connectivity index (χ2v) is 4.74. The summed E-state index contributed by atoms with van der Waals surface area (Å²) in [6.07, 6.45) is -0.587. The molecule has 1 atom stereocenters. The minimum atomic E-state index is -0.587. The standard InChI is InChI=1S/C13H21N3O2/c1-8(2)7-15-13(17)10(4)18-11-6-5-9(3)16-12(11)14/h5-6,8,10H,7H2,1-4H3,(H2,14,16)(H,15,17). The number of nitrogens with zero attached hydrogens (tertiary/aromatic N) is 1. The van der Waals surface area contributed by atoms with Crippen molar-refractivity contribution in [2.24, 2.45) is 5.92 Å². The number of anilines is 1. The summed E-state index contributed by atoms with van der Waals surface area (Å²) in [6, 6.07) is 3.52. The zero-order valence-corrected chi connectivity index (χ0v) is 11.4. The van der Waals surface area contributed by atoms with Gasteiger partial charge in [-0.2, -0.15) is 0 Å². The second-order valence-electron chi connectivity index (χ2n) is 4.74. The molecule has 3 N–H and O–H groups in total. The molecule has 0 saturated carbocycles. The first kappa shape index (κ1) is 14.3. The molecule has 5 heteroatoms. The zero-order chi connectivity index (χ0) is 13.7. The summed E-state index contributed by atoms with van der Waals surface area (Å²) < 4.78 is 5.49. The number of hydrogen-bond donors (Lipinski definition) is 2. The lowest BCUT2D eigenvalue weighted by Gasteiger charge is -2.16. The van der Waals surface area contributed by atoms with Gasteiger partial charge >= 0.3 is 0 Å². The Kier molecular flexibility index (Phi) is 4.95. The number of hydrogen-bond acceptors (Lipinski definition) is 4. The van der Waals surface area contributed by atoms with Crippen molar-refractivity contribution in [3.8, 4) is 5.75 Å². The van der Waals surface area contributed by atoms with Crippen molar-refractivity contribution in [2.45, 2.75) is 33.8 Å². The molecule has 1 amide bonds. The van der Waals surface area contributed by atoms with Crippen LogP contribution in [0.2, 0.25) is 0 Å². The van der Waals surface area contributed by atoms with Crippen molar-refractivity contribution in [2.75, 3.05) is 12.3 Å². The molecule has 1 unspecified atom stereocenters. The summed E-state index contributed by atoms with van der Waals surface area (Å²) in [5.41, 5.74) is 6.54. The lowest BCUT2D eigenvalue weighted by molar-refractivity contribution is -0.127. The summed E-state index contributed by atoms with van der Waals surface area (Å²) in [7, 11) is 0. The van der Waals surface area contributed by atoms with Gasteiger partial charge in [-0.3, -0.25) is 4.79 Å². The highest BCUT2D eigenvalue weighted by Crippen LogP contribution is 2.20. The van der Waals surface area contributed by atoms with Crippen LogP contribution in [0.4, 0.5) is 5.82 Å². The van der Waals surface area contributed by atoms with Gasteiger partial charge in [-0.25, -0.2) is 4.98 Å². The van der Waals surface area contributed by atoms with E-state index in [1.807, 2.05) is 20.8 Å². The van der Waals surface area contributed by atoms with Crippen LogP contribution in [0.25, 0.3) is 0 Å². The van der Waals surface area contributed by atoms with E-state index in [-0.39, 0.29) is 5.91 Å². The van der Waals surface area contributed by atoms with E-state index in [1.165, 1.54) is 0 Å². The molecular formula is C13H21N3O2. The molecule has 0 saturated heterocycles. The maximum atomic E-state index is 11.7. The van der Waals surface area contributed by atoms with Crippen LogP contribution in [0.1, 0.15) is 26.5 Å². The summed E-state index contributed by atoms with van der Waals surface area (Å²) in [6.45, 7) is 8.24. The Bertz CT molecular complexity index is 419. The Morgan fingerprint density at radius 3 is 2.67 bits per heavy atom. The third-order valence-corrected chi connectivity index (χ3v) is 2.38. The van der Waals surface area contributed by atoms with Crippen molar-refractivity contribution < 1.29 is 9.53 Å². The van der Waals surface area contributed by atoms with Gasteiger partial charge in [-0.15, -0.1) is 0 Å². The van der Waals surface area contributed by atoms with Crippen LogP contribution in [0.3, 0.4) is 0 Å². The first-order valence-electron chi connectivity index (χ1n) is 6.07. The number of carbonyl (C=O) groups excluding carboxylic acids is 1. The maximum absolute atomic E-state index is 11.7. The van der Waals surface area contributed by atoms with Crippen LogP contribution in [-0.4, -0.2) is 23.5 Å². The zero-order valence-electron chi connectivity index (χ0n) is 11.4. The summed E-state index contributed by atoms with van der Waals surface area (Å²) in [5, 5.41) is 2.81. The van der Waals surface area contributed by atoms with E-state index < -0.39 is 6.10 Å². The molecule has 0 fully saturated rings. The molecule has 0 radical (unpaired) electrons. The average molecular weight is 251 g/mol. The number of nitrogens with two attached hydrogens (primary N) is 1. The van der Waals surface area contributed by atoms with Gasteiger partial charge in [0.1, 0.15) is 0 Å². The topological polar surface area (TPSA) is 77.2 Å².